The Morgan fingerprint density at radius 1 is 1.14 bits per heavy atom. The number of aliphatic hydroxyl groups is 1. The predicted octanol–water partition coefficient (Wildman–Crippen LogP) is 5.25. The molecule has 2 fully saturated rings. The number of sulfonamides is 1. The van der Waals surface area contributed by atoms with Crippen molar-refractivity contribution in [2.24, 2.45) is 5.92 Å². The molecule has 2 aliphatic rings. The molecule has 0 amide bonds. The molecule has 0 spiro atoms. The number of anilines is 1. The van der Waals surface area contributed by atoms with Crippen LogP contribution in [0.1, 0.15) is 53.8 Å². The number of rotatable bonds is 9. The normalized spacial score (nSPS) is 17.7. The number of nitrogens with one attached hydrogen (secondary N) is 1. The minimum atomic E-state index is -3.55. The Bertz CT molecular complexity index is 1580. The van der Waals surface area contributed by atoms with Crippen molar-refractivity contribution in [1.82, 2.24) is 14.7 Å². The number of nitrogens with two attached hydrogens (primary N) is 1. The van der Waals surface area contributed by atoms with Crippen LogP contribution in [0.5, 0.6) is 0 Å². The molecule has 192 valence electrons. The summed E-state index contributed by atoms with van der Waals surface area (Å²) in [5.74, 6) is 0.921. The zero-order chi connectivity index (χ0) is 25.7. The molecule has 4 N–H and O–H groups in total. The number of hydrogen-bond acceptors (Lipinski definition) is 7. The van der Waals surface area contributed by atoms with Gasteiger partial charge in [0, 0.05) is 27.3 Å². The first kappa shape index (κ1) is 24.8. The molecule has 1 aromatic carbocycles. The third-order valence-corrected chi connectivity index (χ3v) is 10.6. The van der Waals surface area contributed by atoms with Crippen molar-refractivity contribution in [3.63, 3.8) is 0 Å². The lowest BCUT2D eigenvalue weighted by atomic mass is 9.94. The van der Waals surface area contributed by atoms with E-state index in [9.17, 15) is 13.5 Å². The Morgan fingerprint density at radius 3 is 2.68 bits per heavy atom. The molecule has 7 nitrogen and oxygen atoms in total. The number of thiophene rings is 1. The summed E-state index contributed by atoms with van der Waals surface area (Å²) in [5, 5.41) is 10.9. The summed E-state index contributed by atoms with van der Waals surface area (Å²) < 4.78 is 29.9. The summed E-state index contributed by atoms with van der Waals surface area (Å²) in [6, 6.07) is 14.5. The summed E-state index contributed by atoms with van der Waals surface area (Å²) in [7, 11) is -3.55. The third kappa shape index (κ3) is 4.98. The molecule has 2 atom stereocenters. The van der Waals surface area contributed by atoms with Gasteiger partial charge in [-0.05, 0) is 72.9 Å². The van der Waals surface area contributed by atoms with Crippen molar-refractivity contribution >= 4 is 48.9 Å². The van der Waals surface area contributed by atoms with E-state index in [0.717, 1.165) is 44.6 Å². The second kappa shape index (κ2) is 9.63. The van der Waals surface area contributed by atoms with Crippen molar-refractivity contribution in [2.45, 2.75) is 42.9 Å². The number of fused-ring (bicyclic) bond motifs is 1. The summed E-state index contributed by atoms with van der Waals surface area (Å²) >= 11 is 8.00. The molecule has 0 bridgehead atoms. The van der Waals surface area contributed by atoms with Crippen LogP contribution >= 0.6 is 22.9 Å². The van der Waals surface area contributed by atoms with Crippen LogP contribution in [-0.2, 0) is 10.0 Å². The number of aromatic nitrogens is 2. The van der Waals surface area contributed by atoms with Crippen LogP contribution in [0.4, 0.5) is 5.82 Å². The highest BCUT2D eigenvalue weighted by Gasteiger charge is 2.39. The molecule has 0 radical (unpaired) electrons. The van der Waals surface area contributed by atoms with Crippen LogP contribution in [0, 0.1) is 5.92 Å². The first-order chi connectivity index (χ1) is 17.8. The van der Waals surface area contributed by atoms with Crippen molar-refractivity contribution in [2.75, 3.05) is 12.3 Å². The van der Waals surface area contributed by atoms with E-state index in [1.807, 2.05) is 30.3 Å². The van der Waals surface area contributed by atoms with Gasteiger partial charge in [-0.15, -0.1) is 11.3 Å². The van der Waals surface area contributed by atoms with E-state index in [1.54, 1.807) is 18.3 Å². The molecule has 37 heavy (non-hydrogen) atoms. The van der Waals surface area contributed by atoms with Gasteiger partial charge >= 0.3 is 0 Å². The van der Waals surface area contributed by atoms with Gasteiger partial charge in [0.1, 0.15) is 5.82 Å². The number of nitrogen functional groups attached to an aromatic ring is 1. The highest BCUT2D eigenvalue weighted by atomic mass is 35.5. The highest BCUT2D eigenvalue weighted by molar-refractivity contribution is 7.90. The van der Waals surface area contributed by atoms with Gasteiger partial charge in [-0.3, -0.25) is 4.98 Å². The Balaban J connectivity index is 1.45. The molecule has 10 heteroatoms. The molecule has 0 aliphatic heterocycles. The zero-order valence-electron chi connectivity index (χ0n) is 20.0. The molecule has 2 aliphatic carbocycles. The van der Waals surface area contributed by atoms with E-state index in [0.29, 0.717) is 29.5 Å². The second-order valence-corrected chi connectivity index (χ2v) is 13.4. The van der Waals surface area contributed by atoms with E-state index in [1.165, 1.54) is 11.3 Å². The molecule has 3 heterocycles. The number of aliphatic hydroxyl groups excluding tert-OH is 1. The lowest BCUT2D eigenvalue weighted by Gasteiger charge is -2.18. The molecule has 2 unspecified atom stereocenters. The molecule has 2 saturated carbocycles. The Kier molecular flexibility index (Phi) is 6.45. The van der Waals surface area contributed by atoms with Gasteiger partial charge in [0.15, 0.2) is 0 Å². The number of hydrogen-bond donors (Lipinski definition) is 3. The molecule has 4 aromatic rings. The molecule has 3 aromatic heterocycles. The first-order valence-corrected chi connectivity index (χ1v) is 15.1. The highest BCUT2D eigenvalue weighted by Crippen LogP contribution is 2.44. The van der Waals surface area contributed by atoms with Crippen molar-refractivity contribution in [3.8, 4) is 11.3 Å². The van der Waals surface area contributed by atoms with Crippen molar-refractivity contribution in [3.05, 3.63) is 75.9 Å². The quantitative estimate of drug-likeness (QED) is 0.260. The fraction of sp³-hybridized carbons (Fsp3) is 0.333. The maximum absolute atomic E-state index is 13.0. The maximum Gasteiger partial charge on any atom is 0.215 e. The van der Waals surface area contributed by atoms with Gasteiger partial charge in [0.2, 0.25) is 10.0 Å². The fourth-order valence-electron chi connectivity index (χ4n) is 4.84. The van der Waals surface area contributed by atoms with Crippen LogP contribution in [0.15, 0.2) is 54.7 Å². The van der Waals surface area contributed by atoms with E-state index >= 15 is 0 Å². The first-order valence-electron chi connectivity index (χ1n) is 12.4. The topological polar surface area (TPSA) is 118 Å². The minimum absolute atomic E-state index is 0.123. The van der Waals surface area contributed by atoms with Crippen LogP contribution in [0.25, 0.3) is 21.3 Å². The zero-order valence-corrected chi connectivity index (χ0v) is 22.4. The third-order valence-electron chi connectivity index (χ3n) is 7.14. The standard InChI is InChI=1S/C27H27ClN4O3S2/c28-21-8-9-24(29)31-25(21)26(32-37(34,35)18-6-7-18)23-13-17-2-1-3-19(27(17)36-23)22-12-16(10-11-30-22)20(14-33)15-4-5-15/h1-3,8-13,15,18,20,26,32-33H,4-7,14H2,(H2,29,31). The molecule has 0 saturated heterocycles. The SMILES string of the molecule is Nc1ccc(Cl)c(C(NS(=O)(=O)C2CC2)c2cc3cccc(-c4cc(C(CO)C5CC5)ccn4)c3s2)n1. The minimum Gasteiger partial charge on any atom is -0.396 e. The van der Waals surface area contributed by atoms with Gasteiger partial charge < -0.3 is 10.8 Å². The lowest BCUT2D eigenvalue weighted by molar-refractivity contribution is 0.253. The summed E-state index contributed by atoms with van der Waals surface area (Å²) in [6.07, 6.45) is 5.38. The van der Waals surface area contributed by atoms with E-state index < -0.39 is 21.3 Å². The Labute approximate surface area is 224 Å². The fourth-order valence-corrected chi connectivity index (χ4v) is 7.88. The van der Waals surface area contributed by atoms with E-state index in [-0.39, 0.29) is 18.3 Å². The largest absolute Gasteiger partial charge is 0.396 e. The van der Waals surface area contributed by atoms with Crippen LogP contribution in [0.2, 0.25) is 5.02 Å². The van der Waals surface area contributed by atoms with E-state index in [2.05, 4.69) is 20.8 Å². The summed E-state index contributed by atoms with van der Waals surface area (Å²) in [6.45, 7) is 0.123. The number of benzene rings is 1. The van der Waals surface area contributed by atoms with E-state index in [4.69, 9.17) is 17.3 Å². The second-order valence-electron chi connectivity index (χ2n) is 9.87. The number of halogens is 1. The van der Waals surface area contributed by atoms with Crippen LogP contribution in [0.3, 0.4) is 0 Å². The van der Waals surface area contributed by atoms with Crippen molar-refractivity contribution < 1.29 is 13.5 Å². The summed E-state index contributed by atoms with van der Waals surface area (Å²) in [4.78, 5) is 9.84. The predicted molar refractivity (Wildman–Crippen MR) is 148 cm³/mol. The molecule has 6 rings (SSSR count). The average molecular weight is 555 g/mol. The Morgan fingerprint density at radius 2 is 1.95 bits per heavy atom. The average Bonchev–Trinajstić information content (AvgIpc) is 3.82. The molecular weight excluding hydrogens is 528 g/mol. The maximum atomic E-state index is 13.0. The number of pyridine rings is 2. The van der Waals surface area contributed by atoms with Crippen molar-refractivity contribution in [1.29, 1.82) is 0 Å². The molecular formula is C27H27ClN4O3S2. The monoisotopic (exact) mass is 554 g/mol. The summed E-state index contributed by atoms with van der Waals surface area (Å²) in [5.41, 5.74) is 9.22. The number of nitrogens with zero attached hydrogens (tertiary/aromatic N) is 2. The van der Waals surface area contributed by atoms with Crippen LogP contribution in [-0.4, -0.2) is 35.3 Å². The van der Waals surface area contributed by atoms with Gasteiger partial charge in [-0.2, -0.15) is 0 Å². The van der Waals surface area contributed by atoms with Gasteiger partial charge in [0.25, 0.3) is 0 Å². The van der Waals surface area contributed by atoms with Gasteiger partial charge in [0.05, 0.1) is 34.3 Å². The Hall–Kier alpha value is -2.56. The van der Waals surface area contributed by atoms with Gasteiger partial charge in [-0.25, -0.2) is 18.1 Å². The van der Waals surface area contributed by atoms with Crippen LogP contribution < -0.4 is 10.5 Å². The lowest BCUT2D eigenvalue weighted by Crippen LogP contribution is -2.32. The smallest absolute Gasteiger partial charge is 0.215 e. The van der Waals surface area contributed by atoms with Gasteiger partial charge in [-0.1, -0.05) is 29.8 Å².